The van der Waals surface area contributed by atoms with E-state index < -0.39 is 6.10 Å². The highest BCUT2D eigenvalue weighted by Gasteiger charge is 2.15. The summed E-state index contributed by atoms with van der Waals surface area (Å²) >= 11 is 0. The number of hydrogen-bond acceptors (Lipinski definition) is 3. The van der Waals surface area contributed by atoms with Crippen molar-refractivity contribution in [3.63, 3.8) is 0 Å². The molecule has 0 saturated carbocycles. The Balaban J connectivity index is 1.66. The van der Waals surface area contributed by atoms with Gasteiger partial charge in [-0.1, -0.05) is 74.0 Å². The fourth-order valence-electron chi connectivity index (χ4n) is 2.84. The molecule has 1 N–H and O–H groups in total. The molecule has 0 radical (unpaired) electrons. The first-order valence-electron chi connectivity index (χ1n) is 9.24. The van der Waals surface area contributed by atoms with Gasteiger partial charge in [-0.2, -0.15) is 5.10 Å². The molecule has 3 aromatic carbocycles. The number of hydrazone groups is 1. The van der Waals surface area contributed by atoms with Crippen molar-refractivity contribution in [3.05, 3.63) is 78.4 Å². The summed E-state index contributed by atoms with van der Waals surface area (Å²) in [6.07, 6.45) is 1.10. The number of hydrogen-bond donors (Lipinski definition) is 1. The number of fused-ring (bicyclic) bond motifs is 1. The van der Waals surface area contributed by atoms with E-state index in [0.29, 0.717) is 5.75 Å². The molecule has 0 aromatic heterocycles. The second kappa shape index (κ2) is 8.99. The molecule has 0 aliphatic heterocycles. The number of rotatable bonds is 7. The Hall–Kier alpha value is -3.14. The first-order valence-corrected chi connectivity index (χ1v) is 9.24. The second-order valence-corrected chi connectivity index (χ2v) is 6.42. The molecule has 0 saturated heterocycles. The fourth-order valence-corrected chi connectivity index (χ4v) is 2.84. The zero-order valence-corrected chi connectivity index (χ0v) is 15.7. The summed E-state index contributed by atoms with van der Waals surface area (Å²) in [4.78, 5) is 12.4. The average Bonchev–Trinajstić information content (AvgIpc) is 2.71. The third kappa shape index (κ3) is 4.94. The molecule has 0 unspecified atom stereocenters. The van der Waals surface area contributed by atoms with Gasteiger partial charge in [0, 0.05) is 0 Å². The largest absolute Gasteiger partial charge is 0.481 e. The minimum Gasteiger partial charge on any atom is -0.481 e. The Morgan fingerprint density at radius 2 is 1.70 bits per heavy atom. The topological polar surface area (TPSA) is 50.7 Å². The van der Waals surface area contributed by atoms with Crippen molar-refractivity contribution < 1.29 is 9.53 Å². The van der Waals surface area contributed by atoms with Crippen molar-refractivity contribution in [2.75, 3.05) is 0 Å². The Morgan fingerprint density at radius 1 is 1.00 bits per heavy atom. The van der Waals surface area contributed by atoms with Crippen molar-refractivity contribution in [1.29, 1.82) is 0 Å². The van der Waals surface area contributed by atoms with Crippen LogP contribution in [0.3, 0.4) is 0 Å². The molecule has 3 rings (SSSR count). The van der Waals surface area contributed by atoms with Crippen LogP contribution in [0.25, 0.3) is 10.8 Å². The van der Waals surface area contributed by atoms with Crippen LogP contribution < -0.4 is 10.2 Å². The molecule has 0 fully saturated rings. The van der Waals surface area contributed by atoms with Crippen LogP contribution >= 0.6 is 0 Å². The predicted molar refractivity (Wildman–Crippen MR) is 110 cm³/mol. The quantitative estimate of drug-likeness (QED) is 0.480. The number of carbonyl (C=O) groups is 1. The van der Waals surface area contributed by atoms with E-state index in [1.807, 2.05) is 72.8 Å². The maximum atomic E-state index is 12.4. The lowest BCUT2D eigenvalue weighted by molar-refractivity contribution is -0.127. The van der Waals surface area contributed by atoms with E-state index in [1.165, 1.54) is 0 Å². The standard InChI is InChI=1S/C23H24N2O2/c1-3-9-22(19-11-5-4-6-12-19)24-25-23(26)17(2)27-21-15-14-18-10-7-8-13-20(18)16-21/h4-8,10-17H,3,9H2,1-2H3,(H,25,26)/b24-22+/t17-/m0/s1. The first-order chi connectivity index (χ1) is 13.2. The summed E-state index contributed by atoms with van der Waals surface area (Å²) in [6, 6.07) is 23.7. The third-order valence-corrected chi connectivity index (χ3v) is 4.30. The lowest BCUT2D eigenvalue weighted by Crippen LogP contribution is -2.34. The van der Waals surface area contributed by atoms with Gasteiger partial charge >= 0.3 is 0 Å². The van der Waals surface area contributed by atoms with Crippen LogP contribution in [0.1, 0.15) is 32.3 Å². The Bertz CT molecular complexity index is 935. The maximum Gasteiger partial charge on any atom is 0.280 e. The predicted octanol–water partition coefficient (Wildman–Crippen LogP) is 4.93. The highest BCUT2D eigenvalue weighted by Crippen LogP contribution is 2.21. The van der Waals surface area contributed by atoms with Gasteiger partial charge in [0.1, 0.15) is 5.75 Å². The number of nitrogens with zero attached hydrogens (tertiary/aromatic N) is 1. The lowest BCUT2D eigenvalue weighted by atomic mass is 10.1. The van der Waals surface area contributed by atoms with Crippen LogP contribution in [-0.2, 0) is 4.79 Å². The summed E-state index contributed by atoms with van der Waals surface area (Å²) in [5, 5.41) is 6.55. The van der Waals surface area contributed by atoms with Crippen molar-refractivity contribution >= 4 is 22.4 Å². The SMILES string of the molecule is CCC/C(=N\NC(=O)[C@H](C)Oc1ccc2ccccc2c1)c1ccccc1. The van der Waals surface area contributed by atoms with Gasteiger partial charge < -0.3 is 4.74 Å². The maximum absolute atomic E-state index is 12.4. The Kier molecular flexibility index (Phi) is 6.21. The molecule has 1 amide bonds. The van der Waals surface area contributed by atoms with Gasteiger partial charge in [0.25, 0.3) is 5.91 Å². The van der Waals surface area contributed by atoms with Gasteiger partial charge in [-0.25, -0.2) is 5.43 Å². The van der Waals surface area contributed by atoms with E-state index in [-0.39, 0.29) is 5.91 Å². The number of ether oxygens (including phenoxy) is 1. The molecule has 1 atom stereocenters. The number of nitrogens with one attached hydrogen (secondary N) is 1. The molecule has 138 valence electrons. The van der Waals surface area contributed by atoms with E-state index in [1.54, 1.807) is 6.92 Å². The zero-order chi connectivity index (χ0) is 19.1. The Morgan fingerprint density at radius 3 is 2.44 bits per heavy atom. The second-order valence-electron chi connectivity index (χ2n) is 6.42. The van der Waals surface area contributed by atoms with Gasteiger partial charge in [-0.3, -0.25) is 4.79 Å². The van der Waals surface area contributed by atoms with Crippen molar-refractivity contribution in [2.45, 2.75) is 32.8 Å². The first kappa shape index (κ1) is 18.6. The molecule has 0 bridgehead atoms. The van der Waals surface area contributed by atoms with Crippen LogP contribution in [0.2, 0.25) is 0 Å². The molecule has 27 heavy (non-hydrogen) atoms. The van der Waals surface area contributed by atoms with Crippen molar-refractivity contribution in [2.24, 2.45) is 5.10 Å². The number of amides is 1. The summed E-state index contributed by atoms with van der Waals surface area (Å²) in [7, 11) is 0. The van der Waals surface area contributed by atoms with Crippen molar-refractivity contribution in [3.8, 4) is 5.75 Å². The fraction of sp³-hybridized carbons (Fsp3) is 0.217. The van der Waals surface area contributed by atoms with Crippen LogP contribution in [0.4, 0.5) is 0 Å². The lowest BCUT2D eigenvalue weighted by Gasteiger charge is -2.14. The monoisotopic (exact) mass is 360 g/mol. The number of carbonyl (C=O) groups excluding carboxylic acids is 1. The minimum absolute atomic E-state index is 0.271. The molecule has 0 heterocycles. The van der Waals surface area contributed by atoms with Crippen molar-refractivity contribution in [1.82, 2.24) is 5.43 Å². The van der Waals surface area contributed by atoms with E-state index in [9.17, 15) is 4.79 Å². The minimum atomic E-state index is -0.645. The highest BCUT2D eigenvalue weighted by molar-refractivity contribution is 6.01. The van der Waals surface area contributed by atoms with E-state index in [0.717, 1.165) is 34.9 Å². The van der Waals surface area contributed by atoms with Gasteiger partial charge in [-0.15, -0.1) is 0 Å². The molecule has 0 aliphatic carbocycles. The average molecular weight is 360 g/mol. The molecular weight excluding hydrogens is 336 g/mol. The van der Waals surface area contributed by atoms with Gasteiger partial charge in [0.05, 0.1) is 5.71 Å². The summed E-state index contributed by atoms with van der Waals surface area (Å²) in [5.74, 6) is 0.393. The summed E-state index contributed by atoms with van der Waals surface area (Å²) in [6.45, 7) is 3.81. The van der Waals surface area contributed by atoms with Crippen LogP contribution in [0.15, 0.2) is 77.9 Å². The molecule has 0 aliphatic rings. The molecule has 4 heteroatoms. The van der Waals surface area contributed by atoms with Crippen LogP contribution in [-0.4, -0.2) is 17.7 Å². The zero-order valence-electron chi connectivity index (χ0n) is 15.7. The normalized spacial score (nSPS) is 12.6. The third-order valence-electron chi connectivity index (χ3n) is 4.30. The smallest absolute Gasteiger partial charge is 0.280 e. The van der Waals surface area contributed by atoms with Crippen LogP contribution in [0.5, 0.6) is 5.75 Å². The Labute approximate surface area is 159 Å². The van der Waals surface area contributed by atoms with Gasteiger partial charge in [0.2, 0.25) is 0 Å². The van der Waals surface area contributed by atoms with Gasteiger partial charge in [-0.05, 0) is 41.8 Å². The molecular formula is C23H24N2O2. The van der Waals surface area contributed by atoms with E-state index in [4.69, 9.17) is 4.74 Å². The molecule has 0 spiro atoms. The van der Waals surface area contributed by atoms with Crippen LogP contribution in [0, 0.1) is 0 Å². The summed E-state index contributed by atoms with van der Waals surface area (Å²) in [5.41, 5.74) is 4.53. The number of benzene rings is 3. The molecule has 4 nitrogen and oxygen atoms in total. The molecule has 3 aromatic rings. The van der Waals surface area contributed by atoms with Gasteiger partial charge in [0.15, 0.2) is 6.10 Å². The van der Waals surface area contributed by atoms with E-state index in [2.05, 4.69) is 17.5 Å². The highest BCUT2D eigenvalue weighted by atomic mass is 16.5. The van der Waals surface area contributed by atoms with E-state index >= 15 is 0 Å². The summed E-state index contributed by atoms with van der Waals surface area (Å²) < 4.78 is 5.80.